The molecule has 6 heteroatoms. The van der Waals surface area contributed by atoms with Gasteiger partial charge in [0.25, 0.3) is 5.91 Å². The van der Waals surface area contributed by atoms with E-state index >= 15 is 0 Å². The summed E-state index contributed by atoms with van der Waals surface area (Å²) in [5.74, 6) is -0.239. The molecule has 98 valence electrons. The van der Waals surface area contributed by atoms with Crippen LogP contribution in [-0.4, -0.2) is 24.2 Å². The molecule has 1 amide bonds. The Balaban J connectivity index is 2.13. The molecule has 0 unspecified atom stereocenters. The van der Waals surface area contributed by atoms with Crippen LogP contribution in [0.2, 0.25) is 5.02 Å². The Hall–Kier alpha value is -1.20. The van der Waals surface area contributed by atoms with Gasteiger partial charge in [-0.05, 0) is 36.4 Å². The zero-order valence-corrected chi connectivity index (χ0v) is 11.3. The first-order valence-corrected chi connectivity index (χ1v) is 6.76. The molecule has 1 aromatic carbocycles. The SMILES string of the molecule is NC(=O)COC(=O)CCCSc1ccc(Cl)cc1. The molecule has 0 bridgehead atoms. The molecule has 2 N–H and O–H groups in total. The van der Waals surface area contributed by atoms with Crippen LogP contribution >= 0.6 is 23.4 Å². The van der Waals surface area contributed by atoms with Gasteiger partial charge >= 0.3 is 5.97 Å². The van der Waals surface area contributed by atoms with Crippen molar-refractivity contribution >= 4 is 35.2 Å². The fraction of sp³-hybridized carbons (Fsp3) is 0.333. The predicted octanol–water partition coefficient (Wildman–Crippen LogP) is 2.24. The van der Waals surface area contributed by atoms with Crippen molar-refractivity contribution in [1.29, 1.82) is 0 Å². The number of primary amides is 1. The second-order valence-electron chi connectivity index (χ2n) is 3.53. The van der Waals surface area contributed by atoms with Crippen molar-refractivity contribution in [1.82, 2.24) is 0 Å². The molecule has 0 aliphatic carbocycles. The van der Waals surface area contributed by atoms with Crippen LogP contribution in [0.3, 0.4) is 0 Å². The molecular formula is C12H14ClNO3S. The van der Waals surface area contributed by atoms with E-state index in [4.69, 9.17) is 17.3 Å². The van der Waals surface area contributed by atoms with Crippen LogP contribution < -0.4 is 5.73 Å². The quantitative estimate of drug-likeness (QED) is 0.474. The lowest BCUT2D eigenvalue weighted by atomic mass is 10.3. The summed E-state index contributed by atoms with van der Waals surface area (Å²) < 4.78 is 4.63. The highest BCUT2D eigenvalue weighted by Crippen LogP contribution is 2.21. The van der Waals surface area contributed by atoms with Crippen LogP contribution in [0.15, 0.2) is 29.2 Å². The molecule has 1 aromatic rings. The number of halogens is 1. The minimum Gasteiger partial charge on any atom is -0.456 e. The Morgan fingerprint density at radius 3 is 2.56 bits per heavy atom. The summed E-state index contributed by atoms with van der Waals surface area (Å²) in [5.41, 5.74) is 4.85. The first-order chi connectivity index (χ1) is 8.58. The summed E-state index contributed by atoms with van der Waals surface area (Å²) in [6, 6.07) is 7.51. The number of carbonyl (C=O) groups is 2. The molecule has 4 nitrogen and oxygen atoms in total. The van der Waals surface area contributed by atoms with Gasteiger partial charge in [-0.1, -0.05) is 11.6 Å². The normalized spacial score (nSPS) is 10.1. The second kappa shape index (κ2) is 8.00. The van der Waals surface area contributed by atoms with Gasteiger partial charge in [0.15, 0.2) is 6.61 Å². The van der Waals surface area contributed by atoms with Crippen molar-refractivity contribution in [3.63, 3.8) is 0 Å². The summed E-state index contributed by atoms with van der Waals surface area (Å²) >= 11 is 7.40. The molecule has 0 spiro atoms. The summed E-state index contributed by atoms with van der Waals surface area (Å²) in [5, 5.41) is 0.703. The summed E-state index contributed by atoms with van der Waals surface area (Å²) in [7, 11) is 0. The van der Waals surface area contributed by atoms with Crippen LogP contribution in [-0.2, 0) is 14.3 Å². The average Bonchev–Trinajstić information content (AvgIpc) is 2.34. The molecule has 0 aliphatic rings. The van der Waals surface area contributed by atoms with E-state index in [-0.39, 0.29) is 13.0 Å². The van der Waals surface area contributed by atoms with E-state index < -0.39 is 11.9 Å². The van der Waals surface area contributed by atoms with Gasteiger partial charge in [0, 0.05) is 16.3 Å². The summed E-state index contributed by atoms with van der Waals surface area (Å²) in [6.07, 6.45) is 0.971. The van der Waals surface area contributed by atoms with E-state index in [9.17, 15) is 9.59 Å². The van der Waals surface area contributed by atoms with Crippen molar-refractivity contribution in [3.05, 3.63) is 29.3 Å². The summed E-state index contributed by atoms with van der Waals surface area (Å²) in [6.45, 7) is -0.344. The van der Waals surface area contributed by atoms with Gasteiger partial charge in [-0.2, -0.15) is 0 Å². The molecule has 18 heavy (non-hydrogen) atoms. The lowest BCUT2D eigenvalue weighted by molar-refractivity contribution is -0.147. The van der Waals surface area contributed by atoms with Gasteiger partial charge in [0.05, 0.1) is 0 Å². The zero-order chi connectivity index (χ0) is 13.4. The molecule has 0 aliphatic heterocycles. The Morgan fingerprint density at radius 2 is 1.94 bits per heavy atom. The van der Waals surface area contributed by atoms with E-state index in [1.165, 1.54) is 0 Å². The number of carbonyl (C=O) groups excluding carboxylic acids is 2. The first-order valence-electron chi connectivity index (χ1n) is 5.40. The molecule has 0 radical (unpaired) electrons. The highest BCUT2D eigenvalue weighted by molar-refractivity contribution is 7.99. The van der Waals surface area contributed by atoms with Gasteiger partial charge in [-0.3, -0.25) is 9.59 Å². The minimum absolute atomic E-state index is 0.286. The van der Waals surface area contributed by atoms with Crippen LogP contribution in [0.1, 0.15) is 12.8 Å². The third-order valence-corrected chi connectivity index (χ3v) is 3.33. The van der Waals surface area contributed by atoms with E-state index in [0.29, 0.717) is 11.4 Å². The summed E-state index contributed by atoms with van der Waals surface area (Å²) in [4.78, 5) is 22.6. The number of benzene rings is 1. The second-order valence-corrected chi connectivity index (χ2v) is 5.14. The largest absolute Gasteiger partial charge is 0.456 e. The fourth-order valence-corrected chi connectivity index (χ4v) is 2.14. The van der Waals surface area contributed by atoms with E-state index in [2.05, 4.69) is 4.74 Å². The van der Waals surface area contributed by atoms with Crippen LogP contribution in [0.5, 0.6) is 0 Å². The van der Waals surface area contributed by atoms with Crippen molar-refractivity contribution < 1.29 is 14.3 Å². The molecule has 0 saturated carbocycles. The Kier molecular flexibility index (Phi) is 6.60. The number of ether oxygens (including phenoxy) is 1. The molecule has 0 atom stereocenters. The Bertz CT molecular complexity index is 408. The van der Waals surface area contributed by atoms with Crippen molar-refractivity contribution in [3.8, 4) is 0 Å². The molecule has 0 aromatic heterocycles. The topological polar surface area (TPSA) is 69.4 Å². The number of hydrogen-bond donors (Lipinski definition) is 1. The van der Waals surface area contributed by atoms with Crippen molar-refractivity contribution in [2.75, 3.05) is 12.4 Å². The lowest BCUT2D eigenvalue weighted by Gasteiger charge is -2.03. The van der Waals surface area contributed by atoms with Crippen LogP contribution in [0, 0.1) is 0 Å². The highest BCUT2D eigenvalue weighted by atomic mass is 35.5. The zero-order valence-electron chi connectivity index (χ0n) is 9.73. The number of amides is 1. The van der Waals surface area contributed by atoms with Crippen LogP contribution in [0.25, 0.3) is 0 Å². The molecule has 1 rings (SSSR count). The Morgan fingerprint density at radius 1 is 1.28 bits per heavy atom. The lowest BCUT2D eigenvalue weighted by Crippen LogP contribution is -2.20. The van der Waals surface area contributed by atoms with E-state index in [0.717, 1.165) is 10.6 Å². The van der Waals surface area contributed by atoms with Crippen molar-refractivity contribution in [2.45, 2.75) is 17.7 Å². The third kappa shape index (κ3) is 6.51. The molecular weight excluding hydrogens is 274 g/mol. The number of hydrogen-bond acceptors (Lipinski definition) is 4. The Labute approximate surface area is 115 Å². The number of rotatable bonds is 7. The minimum atomic E-state index is -0.640. The maximum atomic E-state index is 11.1. The van der Waals surface area contributed by atoms with Gasteiger partial charge < -0.3 is 10.5 Å². The van der Waals surface area contributed by atoms with E-state index in [1.54, 1.807) is 11.8 Å². The standard InChI is InChI=1S/C12H14ClNO3S/c13-9-3-5-10(6-4-9)18-7-1-2-12(16)17-8-11(14)15/h3-6H,1-2,7-8H2,(H2,14,15). The highest BCUT2D eigenvalue weighted by Gasteiger charge is 2.04. The number of nitrogens with two attached hydrogens (primary N) is 1. The maximum absolute atomic E-state index is 11.1. The van der Waals surface area contributed by atoms with Crippen molar-refractivity contribution in [2.24, 2.45) is 5.73 Å². The third-order valence-electron chi connectivity index (χ3n) is 1.98. The predicted molar refractivity (Wildman–Crippen MR) is 71.6 cm³/mol. The van der Waals surface area contributed by atoms with Gasteiger partial charge in [-0.25, -0.2) is 0 Å². The maximum Gasteiger partial charge on any atom is 0.306 e. The van der Waals surface area contributed by atoms with E-state index in [1.807, 2.05) is 24.3 Å². The van der Waals surface area contributed by atoms with Gasteiger partial charge in [0.2, 0.25) is 0 Å². The smallest absolute Gasteiger partial charge is 0.306 e. The number of esters is 1. The van der Waals surface area contributed by atoms with Gasteiger partial charge in [-0.15, -0.1) is 11.8 Å². The fourth-order valence-electron chi connectivity index (χ4n) is 1.16. The molecule has 0 heterocycles. The average molecular weight is 288 g/mol. The monoisotopic (exact) mass is 287 g/mol. The van der Waals surface area contributed by atoms with Gasteiger partial charge in [0.1, 0.15) is 0 Å². The van der Waals surface area contributed by atoms with Crippen LogP contribution in [0.4, 0.5) is 0 Å². The first kappa shape index (κ1) is 14.9. The molecule has 0 saturated heterocycles. The number of thioether (sulfide) groups is 1. The molecule has 0 fully saturated rings.